The van der Waals surface area contributed by atoms with Gasteiger partial charge in [-0.2, -0.15) is 0 Å². The van der Waals surface area contributed by atoms with E-state index in [-0.39, 0.29) is 18.5 Å². The number of fused-ring (bicyclic) bond motifs is 1. The maximum atomic E-state index is 12.4. The standard InChI is InChI=1S/C25H27BN2O7/c1-24(2)25(3,4)35-26(34-24)18(14-27-22(30)32-15-16-8-6-5-7-9-16)12-17-10-11-20-19(13-17)21(29)33-23(31)28-20/h5-13H,14-15H2,1-4H3,(H,27,30)(H,28,31). The van der Waals surface area contributed by atoms with E-state index in [4.69, 9.17) is 14.0 Å². The molecule has 4 rings (SSSR count). The van der Waals surface area contributed by atoms with Crippen molar-refractivity contribution in [3.8, 4) is 0 Å². The minimum atomic E-state index is -0.818. The van der Waals surface area contributed by atoms with Crippen LogP contribution in [0, 0.1) is 0 Å². The molecule has 2 N–H and O–H groups in total. The van der Waals surface area contributed by atoms with Gasteiger partial charge in [-0.25, -0.2) is 14.4 Å². The summed E-state index contributed by atoms with van der Waals surface area (Å²) in [7, 11) is -0.739. The molecule has 1 fully saturated rings. The van der Waals surface area contributed by atoms with Crippen LogP contribution in [0.4, 0.5) is 4.79 Å². The number of hydrogen-bond acceptors (Lipinski definition) is 7. The quantitative estimate of drug-likeness (QED) is 0.521. The molecule has 0 atom stereocenters. The first-order valence-electron chi connectivity index (χ1n) is 11.2. The van der Waals surface area contributed by atoms with Gasteiger partial charge >= 0.3 is 24.6 Å². The van der Waals surface area contributed by atoms with Crippen molar-refractivity contribution in [2.75, 3.05) is 6.54 Å². The Hall–Kier alpha value is -3.63. The second kappa shape index (κ2) is 9.55. The van der Waals surface area contributed by atoms with Crippen LogP contribution in [0.5, 0.6) is 0 Å². The molecule has 1 aliphatic heterocycles. The fourth-order valence-electron chi connectivity index (χ4n) is 3.56. The van der Waals surface area contributed by atoms with Gasteiger partial charge in [-0.05, 0) is 56.4 Å². The summed E-state index contributed by atoms with van der Waals surface area (Å²) in [5, 5.41) is 2.97. The molecule has 1 saturated heterocycles. The van der Waals surface area contributed by atoms with Gasteiger partial charge < -0.3 is 23.8 Å². The first-order valence-corrected chi connectivity index (χ1v) is 11.2. The number of hydrogen-bond donors (Lipinski definition) is 2. The second-order valence-corrected chi connectivity index (χ2v) is 9.33. The number of aromatic nitrogens is 1. The SMILES string of the molecule is CC1(C)OB(C(=Cc2ccc3[nH]c(=O)oc(=O)c3c2)CNC(=O)OCc2ccccc2)OC1(C)C. The number of carbonyl (C=O) groups excluding carboxylic acids is 1. The summed E-state index contributed by atoms with van der Waals surface area (Å²) < 4.78 is 22.3. The smallest absolute Gasteiger partial charge is 0.445 e. The predicted octanol–water partition coefficient (Wildman–Crippen LogP) is 3.42. The molecule has 2 aromatic carbocycles. The lowest BCUT2D eigenvalue weighted by Gasteiger charge is -2.32. The van der Waals surface area contributed by atoms with E-state index in [0.717, 1.165) is 5.56 Å². The van der Waals surface area contributed by atoms with E-state index in [9.17, 15) is 14.4 Å². The Balaban J connectivity index is 1.57. The van der Waals surface area contributed by atoms with Crippen molar-refractivity contribution in [3.05, 3.63) is 86.1 Å². The van der Waals surface area contributed by atoms with Crippen LogP contribution in [-0.2, 0) is 20.7 Å². The third-order valence-electron chi connectivity index (χ3n) is 6.24. The molecular formula is C25H27BN2O7. The summed E-state index contributed by atoms with van der Waals surface area (Å²) in [5.74, 6) is -0.818. The fourth-order valence-corrected chi connectivity index (χ4v) is 3.56. The number of benzene rings is 2. The zero-order valence-electron chi connectivity index (χ0n) is 20.0. The Morgan fingerprint density at radius 1 is 1.06 bits per heavy atom. The molecule has 10 heteroatoms. The van der Waals surface area contributed by atoms with Crippen molar-refractivity contribution in [1.82, 2.24) is 10.3 Å². The zero-order valence-corrected chi connectivity index (χ0v) is 20.0. The highest BCUT2D eigenvalue weighted by Crippen LogP contribution is 2.38. The fraction of sp³-hybridized carbons (Fsp3) is 0.320. The maximum absolute atomic E-state index is 12.4. The molecule has 0 radical (unpaired) electrons. The van der Waals surface area contributed by atoms with Crippen LogP contribution in [-0.4, -0.2) is 35.9 Å². The van der Waals surface area contributed by atoms with E-state index < -0.39 is 35.8 Å². The number of rotatable bonds is 6. The highest BCUT2D eigenvalue weighted by Gasteiger charge is 2.52. The van der Waals surface area contributed by atoms with Crippen LogP contribution in [0.1, 0.15) is 38.8 Å². The Morgan fingerprint density at radius 2 is 1.74 bits per heavy atom. The molecule has 0 saturated carbocycles. The summed E-state index contributed by atoms with van der Waals surface area (Å²) in [4.78, 5) is 38.4. The van der Waals surface area contributed by atoms with Gasteiger partial charge in [0.05, 0.1) is 22.1 Å². The predicted molar refractivity (Wildman–Crippen MR) is 132 cm³/mol. The Kier molecular flexibility index (Phi) is 6.69. The van der Waals surface area contributed by atoms with E-state index in [1.807, 2.05) is 58.0 Å². The van der Waals surface area contributed by atoms with E-state index in [1.54, 1.807) is 24.3 Å². The summed E-state index contributed by atoms with van der Waals surface area (Å²) in [6.45, 7) is 7.96. The minimum absolute atomic E-state index is 0.0860. The van der Waals surface area contributed by atoms with Gasteiger partial charge in [-0.1, -0.05) is 42.5 Å². The summed E-state index contributed by atoms with van der Waals surface area (Å²) >= 11 is 0. The molecule has 0 unspecified atom stereocenters. The van der Waals surface area contributed by atoms with Crippen LogP contribution >= 0.6 is 0 Å². The molecule has 9 nitrogen and oxygen atoms in total. The van der Waals surface area contributed by atoms with Crippen LogP contribution in [0.3, 0.4) is 0 Å². The summed E-state index contributed by atoms with van der Waals surface area (Å²) in [6.07, 6.45) is 1.18. The molecule has 35 heavy (non-hydrogen) atoms. The van der Waals surface area contributed by atoms with E-state index in [2.05, 4.69) is 14.7 Å². The molecule has 1 aliphatic rings. The average Bonchev–Trinajstić information content (AvgIpc) is 3.02. The normalized spacial score (nSPS) is 16.9. The number of aromatic amines is 1. The van der Waals surface area contributed by atoms with Gasteiger partial charge in [0, 0.05) is 6.54 Å². The van der Waals surface area contributed by atoms with Gasteiger partial charge in [-0.15, -0.1) is 0 Å². The zero-order chi connectivity index (χ0) is 25.2. The Bertz CT molecular complexity index is 1360. The first kappa shape index (κ1) is 24.5. The molecule has 0 spiro atoms. The van der Waals surface area contributed by atoms with Crippen molar-refractivity contribution in [1.29, 1.82) is 0 Å². The van der Waals surface area contributed by atoms with E-state index >= 15 is 0 Å². The number of amides is 1. The second-order valence-electron chi connectivity index (χ2n) is 9.33. The largest absolute Gasteiger partial charge is 0.492 e. The lowest BCUT2D eigenvalue weighted by molar-refractivity contribution is 0.00578. The van der Waals surface area contributed by atoms with Crippen LogP contribution in [0.15, 0.2) is 68.0 Å². The third kappa shape index (κ3) is 5.55. The number of carbonyl (C=O) groups is 1. The summed E-state index contributed by atoms with van der Waals surface area (Å²) in [5.41, 5.74) is 0.581. The number of H-pyrrole nitrogens is 1. The van der Waals surface area contributed by atoms with Crippen LogP contribution in [0.25, 0.3) is 17.0 Å². The van der Waals surface area contributed by atoms with Gasteiger partial charge in [0.2, 0.25) is 0 Å². The minimum Gasteiger partial charge on any atom is -0.445 e. The van der Waals surface area contributed by atoms with Gasteiger partial charge in [0.25, 0.3) is 0 Å². The number of ether oxygens (including phenoxy) is 1. The molecule has 0 bridgehead atoms. The molecule has 182 valence electrons. The topological polar surface area (TPSA) is 120 Å². The molecular weight excluding hydrogens is 451 g/mol. The van der Waals surface area contributed by atoms with Crippen molar-refractivity contribution < 1.29 is 23.3 Å². The molecule has 2 heterocycles. The van der Waals surface area contributed by atoms with Gasteiger partial charge in [0.15, 0.2) is 0 Å². The molecule has 1 aromatic heterocycles. The van der Waals surface area contributed by atoms with Crippen LogP contribution in [0.2, 0.25) is 0 Å². The molecule has 1 amide bonds. The Labute approximate surface area is 202 Å². The van der Waals surface area contributed by atoms with Crippen LogP contribution < -0.4 is 16.7 Å². The van der Waals surface area contributed by atoms with Crippen molar-refractivity contribution in [2.45, 2.75) is 45.5 Å². The highest BCUT2D eigenvalue weighted by molar-refractivity contribution is 6.56. The van der Waals surface area contributed by atoms with Crippen molar-refractivity contribution in [2.24, 2.45) is 0 Å². The highest BCUT2D eigenvalue weighted by atomic mass is 16.7. The molecule has 0 aliphatic carbocycles. The lowest BCUT2D eigenvalue weighted by atomic mass is 9.77. The Morgan fingerprint density at radius 3 is 2.43 bits per heavy atom. The third-order valence-corrected chi connectivity index (χ3v) is 6.24. The van der Waals surface area contributed by atoms with Crippen molar-refractivity contribution in [3.63, 3.8) is 0 Å². The van der Waals surface area contributed by atoms with E-state index in [1.165, 1.54) is 0 Å². The first-order chi connectivity index (χ1) is 16.5. The average molecular weight is 478 g/mol. The maximum Gasteiger partial charge on any atom is 0.492 e. The van der Waals surface area contributed by atoms with Gasteiger partial charge in [-0.3, -0.25) is 4.98 Å². The number of alkyl carbamates (subject to hydrolysis) is 1. The summed E-state index contributed by atoms with van der Waals surface area (Å²) in [6, 6.07) is 14.3. The monoisotopic (exact) mass is 478 g/mol. The molecule has 3 aromatic rings. The number of nitrogens with one attached hydrogen (secondary N) is 2. The van der Waals surface area contributed by atoms with Crippen molar-refractivity contribution >= 4 is 30.2 Å². The van der Waals surface area contributed by atoms with E-state index in [0.29, 0.717) is 16.6 Å². The lowest BCUT2D eigenvalue weighted by Crippen LogP contribution is -2.41. The van der Waals surface area contributed by atoms with Gasteiger partial charge in [0.1, 0.15) is 6.61 Å².